The van der Waals surface area contributed by atoms with Crippen LogP contribution < -0.4 is 16.0 Å². The van der Waals surface area contributed by atoms with Crippen molar-refractivity contribution < 1.29 is 4.74 Å². The molecule has 6 rings (SSSR count). The van der Waals surface area contributed by atoms with Crippen molar-refractivity contribution in [3.05, 3.63) is 40.8 Å². The van der Waals surface area contributed by atoms with Gasteiger partial charge >= 0.3 is 5.69 Å². The van der Waals surface area contributed by atoms with Crippen LogP contribution in [0.5, 0.6) is 0 Å². The van der Waals surface area contributed by atoms with Gasteiger partial charge in [0.05, 0.1) is 43.4 Å². The molecule has 1 N–H and O–H groups in total. The lowest BCUT2D eigenvalue weighted by Crippen LogP contribution is -2.60. The van der Waals surface area contributed by atoms with E-state index in [4.69, 9.17) is 9.72 Å². The van der Waals surface area contributed by atoms with Gasteiger partial charge in [-0.1, -0.05) is 0 Å². The molecule has 2 aliphatic rings. The molecule has 11 heteroatoms. The van der Waals surface area contributed by atoms with E-state index in [1.807, 2.05) is 19.2 Å². The van der Waals surface area contributed by atoms with Crippen molar-refractivity contribution in [2.75, 3.05) is 30.0 Å². The molecule has 1 aliphatic carbocycles. The topological polar surface area (TPSA) is 107 Å². The number of morpholine rings is 1. The Morgan fingerprint density at radius 1 is 1.26 bits per heavy atom. The largest absolute Gasteiger partial charge is 0.371 e. The van der Waals surface area contributed by atoms with Gasteiger partial charge in [0, 0.05) is 7.05 Å². The molecule has 0 bridgehead atoms. The molecule has 1 aliphatic heterocycles. The Bertz CT molecular complexity index is 1360. The molecule has 11 nitrogen and oxygen atoms in total. The summed E-state index contributed by atoms with van der Waals surface area (Å²) in [5.74, 6) is 0.418. The number of fused-ring (bicyclic) bond motifs is 2. The summed E-state index contributed by atoms with van der Waals surface area (Å²) in [7, 11) is 1.75. The first-order valence-electron chi connectivity index (χ1n) is 10.4. The zero-order valence-corrected chi connectivity index (χ0v) is 17.4. The molecular weight excluding hydrogens is 398 g/mol. The Balaban J connectivity index is 1.41. The van der Waals surface area contributed by atoms with Gasteiger partial charge in [0.15, 0.2) is 11.3 Å². The van der Waals surface area contributed by atoms with Crippen LogP contribution in [0.2, 0.25) is 0 Å². The van der Waals surface area contributed by atoms with Gasteiger partial charge in [-0.3, -0.25) is 4.57 Å². The number of hydrogen-bond donors (Lipinski definition) is 1. The maximum atomic E-state index is 13.1. The lowest BCUT2D eigenvalue weighted by atomic mass is 9.79. The minimum absolute atomic E-state index is 0.127. The molecule has 5 heterocycles. The highest BCUT2D eigenvalue weighted by atomic mass is 16.5. The van der Waals surface area contributed by atoms with Gasteiger partial charge in [0.25, 0.3) is 0 Å². The maximum absolute atomic E-state index is 13.1. The van der Waals surface area contributed by atoms with E-state index < -0.39 is 0 Å². The van der Waals surface area contributed by atoms with Crippen LogP contribution in [0.25, 0.3) is 16.8 Å². The van der Waals surface area contributed by atoms with Gasteiger partial charge < -0.3 is 15.1 Å². The Morgan fingerprint density at radius 3 is 2.94 bits per heavy atom. The number of imidazole rings is 1. The molecule has 1 saturated carbocycles. The van der Waals surface area contributed by atoms with Crippen LogP contribution in [0.3, 0.4) is 0 Å². The average molecular weight is 421 g/mol. The Morgan fingerprint density at radius 2 is 2.13 bits per heavy atom. The summed E-state index contributed by atoms with van der Waals surface area (Å²) in [6.07, 6.45) is 8.30. The van der Waals surface area contributed by atoms with Crippen molar-refractivity contribution in [2.45, 2.75) is 31.8 Å². The van der Waals surface area contributed by atoms with Gasteiger partial charge in [-0.15, -0.1) is 0 Å². The highest BCUT2D eigenvalue weighted by molar-refractivity contribution is 5.73. The second-order valence-electron chi connectivity index (χ2n) is 8.39. The van der Waals surface area contributed by atoms with Crippen molar-refractivity contribution >= 4 is 28.4 Å². The predicted molar refractivity (Wildman–Crippen MR) is 114 cm³/mol. The van der Waals surface area contributed by atoms with E-state index in [-0.39, 0.29) is 11.3 Å². The van der Waals surface area contributed by atoms with Crippen LogP contribution in [-0.2, 0) is 11.8 Å². The van der Waals surface area contributed by atoms with Gasteiger partial charge in [-0.2, -0.15) is 14.8 Å². The third-order valence-electron chi connectivity index (χ3n) is 6.43. The third kappa shape index (κ3) is 2.80. The molecule has 1 saturated heterocycles. The van der Waals surface area contributed by atoms with E-state index in [1.165, 1.54) is 12.7 Å². The van der Waals surface area contributed by atoms with Crippen molar-refractivity contribution in [1.29, 1.82) is 0 Å². The summed E-state index contributed by atoms with van der Waals surface area (Å²) in [5, 5.41) is 9.52. The summed E-state index contributed by atoms with van der Waals surface area (Å²) in [4.78, 5) is 26.4. The molecule has 4 aromatic heterocycles. The van der Waals surface area contributed by atoms with Crippen molar-refractivity contribution in [3.8, 4) is 0 Å². The number of aromatic nitrogens is 7. The lowest BCUT2D eigenvalue weighted by Gasteiger charge is -2.48. The highest BCUT2D eigenvalue weighted by Gasteiger charge is 2.43. The Labute approximate surface area is 177 Å². The number of anilines is 2. The standard InChI is InChI=1S/C20H23N9O2/c1-13-8-16-22-12-23-28(16)10-14(13)24-18-21-9-15-17(25-18)29(19(30)26(15)2)27-6-7-31-20(11-27)4-3-5-20/h8-10,12H,3-7,11H2,1-2H3,(H,21,24,25). The molecular formula is C20H23N9O2. The molecule has 0 aromatic carbocycles. The highest BCUT2D eigenvalue weighted by Crippen LogP contribution is 2.37. The normalized spacial score (nSPS) is 18.1. The lowest BCUT2D eigenvalue weighted by molar-refractivity contribution is -0.112. The molecule has 0 atom stereocenters. The molecule has 0 amide bonds. The van der Waals surface area contributed by atoms with E-state index in [9.17, 15) is 4.79 Å². The van der Waals surface area contributed by atoms with Gasteiger partial charge in [-0.25, -0.2) is 19.3 Å². The molecule has 2 fully saturated rings. The molecule has 1 spiro atoms. The number of ether oxygens (including phenoxy) is 1. The Hall–Kier alpha value is -3.47. The van der Waals surface area contributed by atoms with E-state index in [1.54, 1.807) is 27.0 Å². The third-order valence-corrected chi connectivity index (χ3v) is 6.43. The summed E-state index contributed by atoms with van der Waals surface area (Å²) in [5.41, 5.74) is 3.61. The SMILES string of the molecule is Cc1cc2ncnn2cc1Nc1ncc2c(n1)n(N1CCOC3(CCC3)C1)c(=O)n2C. The minimum atomic E-state index is -0.127. The number of pyridine rings is 1. The molecule has 0 unspecified atom stereocenters. The van der Waals surface area contributed by atoms with E-state index in [0.29, 0.717) is 36.8 Å². The van der Waals surface area contributed by atoms with Gasteiger partial charge in [-0.05, 0) is 37.8 Å². The minimum Gasteiger partial charge on any atom is -0.371 e. The average Bonchev–Trinajstić information content (AvgIpc) is 3.29. The molecule has 160 valence electrons. The first-order valence-corrected chi connectivity index (χ1v) is 10.4. The van der Waals surface area contributed by atoms with Gasteiger partial charge in [0.1, 0.15) is 11.8 Å². The number of nitrogens with one attached hydrogen (secondary N) is 1. The van der Waals surface area contributed by atoms with E-state index in [2.05, 4.69) is 25.4 Å². The maximum Gasteiger partial charge on any atom is 0.349 e. The van der Waals surface area contributed by atoms with Crippen LogP contribution in [-0.4, -0.2) is 59.1 Å². The summed E-state index contributed by atoms with van der Waals surface area (Å²) < 4.78 is 11.0. The van der Waals surface area contributed by atoms with E-state index in [0.717, 1.165) is 29.7 Å². The smallest absolute Gasteiger partial charge is 0.349 e. The van der Waals surface area contributed by atoms with Crippen molar-refractivity contribution in [3.63, 3.8) is 0 Å². The molecule has 31 heavy (non-hydrogen) atoms. The Kier molecular flexibility index (Phi) is 3.85. The van der Waals surface area contributed by atoms with Crippen molar-refractivity contribution in [2.24, 2.45) is 7.05 Å². The summed E-state index contributed by atoms with van der Waals surface area (Å²) in [6, 6.07) is 1.94. The zero-order valence-electron chi connectivity index (χ0n) is 17.4. The number of hydrogen-bond acceptors (Lipinski definition) is 8. The number of aryl methyl sites for hydroxylation is 2. The van der Waals surface area contributed by atoms with Crippen molar-refractivity contribution in [1.82, 2.24) is 33.8 Å². The second-order valence-corrected chi connectivity index (χ2v) is 8.39. The molecule has 4 aromatic rings. The summed E-state index contributed by atoms with van der Waals surface area (Å²) >= 11 is 0. The van der Waals surface area contributed by atoms with Crippen LogP contribution >= 0.6 is 0 Å². The second kappa shape index (κ2) is 6.51. The monoisotopic (exact) mass is 421 g/mol. The fourth-order valence-corrected chi connectivity index (χ4v) is 4.49. The first-order chi connectivity index (χ1) is 15.0. The predicted octanol–water partition coefficient (Wildman–Crippen LogP) is 1.12. The quantitative estimate of drug-likeness (QED) is 0.524. The van der Waals surface area contributed by atoms with Crippen LogP contribution in [0.4, 0.5) is 11.6 Å². The van der Waals surface area contributed by atoms with Crippen LogP contribution in [0.1, 0.15) is 24.8 Å². The van der Waals surface area contributed by atoms with Gasteiger partial charge in [0.2, 0.25) is 5.95 Å². The molecule has 0 radical (unpaired) electrons. The van der Waals surface area contributed by atoms with Crippen LogP contribution in [0, 0.1) is 6.92 Å². The zero-order chi connectivity index (χ0) is 21.2. The first kappa shape index (κ1) is 18.3. The fourth-order valence-electron chi connectivity index (χ4n) is 4.49. The van der Waals surface area contributed by atoms with Crippen LogP contribution in [0.15, 0.2) is 29.6 Å². The summed E-state index contributed by atoms with van der Waals surface area (Å²) in [6.45, 7) is 3.94. The number of nitrogens with zero attached hydrogens (tertiary/aromatic N) is 8. The number of rotatable bonds is 3. The van der Waals surface area contributed by atoms with E-state index >= 15 is 0 Å². The fraction of sp³-hybridized carbons (Fsp3) is 0.450.